The Hall–Kier alpha value is -2.08. The van der Waals surface area contributed by atoms with Crippen LogP contribution in [0.3, 0.4) is 0 Å². The Balaban J connectivity index is 1.36. The first kappa shape index (κ1) is 18.7. The predicted octanol–water partition coefficient (Wildman–Crippen LogP) is 2.57. The van der Waals surface area contributed by atoms with Crippen molar-refractivity contribution in [3.8, 4) is 5.75 Å². The summed E-state index contributed by atoms with van der Waals surface area (Å²) in [5, 5.41) is 9.30. The third-order valence-corrected chi connectivity index (χ3v) is 5.36. The highest BCUT2D eigenvalue weighted by Gasteiger charge is 2.40. The number of piperidine rings is 1. The Labute approximate surface area is 154 Å². The Morgan fingerprint density at radius 1 is 1.15 bits per heavy atom. The summed E-state index contributed by atoms with van der Waals surface area (Å²) in [7, 11) is 0. The van der Waals surface area contributed by atoms with Crippen LogP contribution in [0.15, 0.2) is 30.3 Å². The molecule has 0 aromatic heterocycles. The average Bonchev–Trinajstić information content (AvgIpc) is 3.16. The molecule has 1 aromatic carbocycles. The lowest BCUT2D eigenvalue weighted by Crippen LogP contribution is -2.43. The van der Waals surface area contributed by atoms with Gasteiger partial charge in [-0.25, -0.2) is 0 Å². The molecule has 1 amide bonds. The minimum atomic E-state index is -0.760. The normalized spacial score (nSPS) is 23.8. The molecule has 6 heteroatoms. The van der Waals surface area contributed by atoms with Crippen molar-refractivity contribution in [3.05, 3.63) is 30.3 Å². The summed E-state index contributed by atoms with van der Waals surface area (Å²) in [6.45, 7) is 2.44. The van der Waals surface area contributed by atoms with E-state index in [9.17, 15) is 14.7 Å². The number of nitrogens with zero attached hydrogens (tertiary/aromatic N) is 1. The zero-order chi connectivity index (χ0) is 18.4. The summed E-state index contributed by atoms with van der Waals surface area (Å²) >= 11 is 0. The van der Waals surface area contributed by atoms with Crippen molar-refractivity contribution in [1.29, 1.82) is 0 Å². The number of ether oxygens (including phenoxy) is 2. The van der Waals surface area contributed by atoms with Crippen molar-refractivity contribution in [2.24, 2.45) is 11.8 Å². The van der Waals surface area contributed by atoms with Crippen LogP contribution in [-0.2, 0) is 14.3 Å². The molecule has 1 aromatic rings. The van der Waals surface area contributed by atoms with Crippen LogP contribution < -0.4 is 4.74 Å². The van der Waals surface area contributed by atoms with Crippen LogP contribution in [-0.4, -0.2) is 54.3 Å². The molecule has 26 heavy (non-hydrogen) atoms. The molecule has 1 unspecified atom stereocenters. The maximum Gasteiger partial charge on any atom is 0.309 e. The second-order valence-corrected chi connectivity index (χ2v) is 7.05. The van der Waals surface area contributed by atoms with Crippen LogP contribution in [0.2, 0.25) is 0 Å². The van der Waals surface area contributed by atoms with E-state index >= 15 is 0 Å². The van der Waals surface area contributed by atoms with E-state index in [1.165, 1.54) is 0 Å². The van der Waals surface area contributed by atoms with Crippen molar-refractivity contribution < 1.29 is 24.2 Å². The van der Waals surface area contributed by atoms with Crippen LogP contribution in [0.25, 0.3) is 0 Å². The Bertz CT molecular complexity index is 597. The molecular weight excluding hydrogens is 334 g/mol. The SMILES string of the molecule is O=C(O)C1CCO[C@H]1C1CCN(C(=O)CCCOc2ccccc2)CC1. The molecule has 6 nitrogen and oxygen atoms in total. The molecule has 0 aliphatic carbocycles. The number of carboxylic acids is 1. The summed E-state index contributed by atoms with van der Waals surface area (Å²) in [5.74, 6) is 0.0680. The molecule has 0 spiro atoms. The Kier molecular flexibility index (Phi) is 6.50. The second-order valence-electron chi connectivity index (χ2n) is 7.05. The molecule has 0 saturated carbocycles. The van der Waals surface area contributed by atoms with Crippen LogP contribution in [0, 0.1) is 11.8 Å². The molecule has 0 bridgehead atoms. The van der Waals surface area contributed by atoms with Gasteiger partial charge in [-0.1, -0.05) is 18.2 Å². The third-order valence-electron chi connectivity index (χ3n) is 5.36. The number of carbonyl (C=O) groups is 2. The highest BCUT2D eigenvalue weighted by Crippen LogP contribution is 2.33. The topological polar surface area (TPSA) is 76.1 Å². The molecule has 2 aliphatic heterocycles. The highest BCUT2D eigenvalue weighted by molar-refractivity contribution is 5.76. The zero-order valence-electron chi connectivity index (χ0n) is 15.0. The number of para-hydroxylation sites is 1. The van der Waals surface area contributed by atoms with E-state index in [2.05, 4.69) is 0 Å². The summed E-state index contributed by atoms with van der Waals surface area (Å²) in [5.41, 5.74) is 0. The Morgan fingerprint density at radius 3 is 2.58 bits per heavy atom. The fraction of sp³-hybridized carbons (Fsp3) is 0.600. The highest BCUT2D eigenvalue weighted by atomic mass is 16.5. The number of carboxylic acid groups (broad SMARTS) is 1. The van der Waals surface area contributed by atoms with Crippen molar-refractivity contribution >= 4 is 11.9 Å². The Morgan fingerprint density at radius 2 is 1.88 bits per heavy atom. The minimum Gasteiger partial charge on any atom is -0.494 e. The standard InChI is InChI=1S/C20H27NO5/c22-18(7-4-13-25-16-5-2-1-3-6-16)21-11-8-15(9-12-21)19-17(20(23)24)10-14-26-19/h1-3,5-6,15,17,19H,4,7-14H2,(H,23,24)/t17?,19-/m0/s1. The lowest BCUT2D eigenvalue weighted by molar-refractivity contribution is -0.146. The number of rotatable bonds is 7. The van der Waals surface area contributed by atoms with Crippen LogP contribution in [0.1, 0.15) is 32.1 Å². The molecule has 2 saturated heterocycles. The predicted molar refractivity (Wildman–Crippen MR) is 96.0 cm³/mol. The van der Waals surface area contributed by atoms with Crippen molar-refractivity contribution in [1.82, 2.24) is 4.90 Å². The van der Waals surface area contributed by atoms with Gasteiger partial charge >= 0.3 is 5.97 Å². The maximum absolute atomic E-state index is 12.4. The zero-order valence-corrected chi connectivity index (χ0v) is 15.0. The second kappa shape index (κ2) is 9.03. The van der Waals surface area contributed by atoms with Crippen molar-refractivity contribution in [3.63, 3.8) is 0 Å². The van der Waals surface area contributed by atoms with E-state index in [-0.39, 0.29) is 17.9 Å². The molecule has 2 atom stereocenters. The number of carbonyl (C=O) groups excluding carboxylic acids is 1. The van der Waals surface area contributed by atoms with Crippen LogP contribution in [0.5, 0.6) is 5.75 Å². The quantitative estimate of drug-likeness (QED) is 0.756. The third kappa shape index (κ3) is 4.75. The number of benzene rings is 1. The van der Waals surface area contributed by atoms with Crippen molar-refractivity contribution in [2.75, 3.05) is 26.3 Å². The van der Waals surface area contributed by atoms with Gasteiger partial charge in [0.25, 0.3) is 0 Å². The number of aliphatic carboxylic acids is 1. The van der Waals surface area contributed by atoms with Crippen LogP contribution in [0.4, 0.5) is 0 Å². The lowest BCUT2D eigenvalue weighted by Gasteiger charge is -2.35. The van der Waals surface area contributed by atoms with Gasteiger partial charge in [-0.3, -0.25) is 9.59 Å². The van der Waals surface area contributed by atoms with Gasteiger partial charge in [0.15, 0.2) is 0 Å². The van der Waals surface area contributed by atoms with E-state index < -0.39 is 11.9 Å². The maximum atomic E-state index is 12.4. The first-order valence-electron chi connectivity index (χ1n) is 9.45. The number of likely N-dealkylation sites (tertiary alicyclic amines) is 1. The number of amides is 1. The largest absolute Gasteiger partial charge is 0.494 e. The monoisotopic (exact) mass is 361 g/mol. The summed E-state index contributed by atoms with van der Waals surface area (Å²) in [6, 6.07) is 9.60. The molecule has 142 valence electrons. The molecule has 2 fully saturated rings. The number of hydrogen-bond acceptors (Lipinski definition) is 4. The van der Waals surface area contributed by atoms with Gasteiger partial charge in [-0.15, -0.1) is 0 Å². The smallest absolute Gasteiger partial charge is 0.309 e. The summed E-state index contributed by atoms with van der Waals surface area (Å²) in [6.07, 6.45) is 3.22. The molecule has 2 aliphatic rings. The minimum absolute atomic E-state index is 0.155. The average molecular weight is 361 g/mol. The van der Waals surface area contributed by atoms with E-state index in [0.717, 1.165) is 18.6 Å². The first-order valence-corrected chi connectivity index (χ1v) is 9.45. The molecule has 0 radical (unpaired) electrons. The summed E-state index contributed by atoms with van der Waals surface area (Å²) < 4.78 is 11.3. The fourth-order valence-corrected chi connectivity index (χ4v) is 3.91. The van der Waals surface area contributed by atoms with Gasteiger partial charge in [-0.2, -0.15) is 0 Å². The molecule has 1 N–H and O–H groups in total. The van der Waals surface area contributed by atoms with Gasteiger partial charge in [0.05, 0.1) is 18.6 Å². The first-order chi connectivity index (χ1) is 12.6. The fourth-order valence-electron chi connectivity index (χ4n) is 3.91. The molecule has 2 heterocycles. The molecule has 3 rings (SSSR count). The molecular formula is C20H27NO5. The number of hydrogen-bond donors (Lipinski definition) is 1. The van der Waals surface area contributed by atoms with E-state index in [4.69, 9.17) is 9.47 Å². The lowest BCUT2D eigenvalue weighted by atomic mass is 9.84. The van der Waals surface area contributed by atoms with Crippen LogP contribution >= 0.6 is 0 Å². The van der Waals surface area contributed by atoms with Gasteiger partial charge < -0.3 is 19.5 Å². The van der Waals surface area contributed by atoms with Gasteiger partial charge in [-0.05, 0) is 43.7 Å². The van der Waals surface area contributed by atoms with E-state index in [1.54, 1.807) is 0 Å². The van der Waals surface area contributed by atoms with Gasteiger partial charge in [0, 0.05) is 26.1 Å². The van der Waals surface area contributed by atoms with E-state index in [1.807, 2.05) is 35.2 Å². The van der Waals surface area contributed by atoms with Gasteiger partial charge in [0.1, 0.15) is 5.75 Å². The summed E-state index contributed by atoms with van der Waals surface area (Å²) in [4.78, 5) is 25.6. The van der Waals surface area contributed by atoms with Gasteiger partial charge in [0.2, 0.25) is 5.91 Å². The van der Waals surface area contributed by atoms with Crippen molar-refractivity contribution in [2.45, 2.75) is 38.2 Å². The van der Waals surface area contributed by atoms with E-state index in [0.29, 0.717) is 45.6 Å².